The molecule has 1 saturated carbocycles. The van der Waals surface area contributed by atoms with Gasteiger partial charge in [0.25, 0.3) is 0 Å². The van der Waals surface area contributed by atoms with Crippen LogP contribution in [-0.2, 0) is 10.0 Å². The Balaban J connectivity index is 1.73. The highest BCUT2D eigenvalue weighted by molar-refractivity contribution is 7.88. The molecule has 2 aliphatic rings. The van der Waals surface area contributed by atoms with Gasteiger partial charge in [0, 0.05) is 43.9 Å². The molecule has 0 N–H and O–H groups in total. The molecule has 6 nitrogen and oxygen atoms in total. The minimum absolute atomic E-state index is 0.529. The summed E-state index contributed by atoms with van der Waals surface area (Å²) in [5.41, 5.74) is 1.12. The van der Waals surface area contributed by atoms with Crippen molar-refractivity contribution >= 4 is 15.8 Å². The van der Waals surface area contributed by atoms with Gasteiger partial charge in [0.05, 0.1) is 6.26 Å². The van der Waals surface area contributed by atoms with Crippen LogP contribution in [0.25, 0.3) is 0 Å². The Morgan fingerprint density at radius 3 is 2.65 bits per heavy atom. The molecule has 0 atom stereocenters. The number of rotatable bonds is 3. The summed E-state index contributed by atoms with van der Waals surface area (Å²) in [6, 6.07) is 2.06. The molecule has 0 amide bonds. The lowest BCUT2D eigenvalue weighted by molar-refractivity contribution is 0.437. The first kappa shape index (κ1) is 13.8. The second-order valence-corrected chi connectivity index (χ2v) is 7.56. The van der Waals surface area contributed by atoms with Crippen molar-refractivity contribution in [1.29, 1.82) is 0 Å². The Labute approximate surface area is 119 Å². The van der Waals surface area contributed by atoms with Gasteiger partial charge in [-0.15, -0.1) is 0 Å². The lowest BCUT2D eigenvalue weighted by Crippen LogP contribution is -2.34. The number of hydrogen-bond acceptors (Lipinski definition) is 5. The van der Waals surface area contributed by atoms with Crippen molar-refractivity contribution in [1.82, 2.24) is 14.3 Å². The Hall–Kier alpha value is -1.21. The van der Waals surface area contributed by atoms with Gasteiger partial charge in [-0.1, -0.05) is 0 Å². The van der Waals surface area contributed by atoms with E-state index in [9.17, 15) is 8.42 Å². The minimum atomic E-state index is -3.09. The van der Waals surface area contributed by atoms with E-state index in [2.05, 4.69) is 20.9 Å². The van der Waals surface area contributed by atoms with Gasteiger partial charge in [0.2, 0.25) is 10.0 Å². The van der Waals surface area contributed by atoms with Gasteiger partial charge in [0.15, 0.2) is 0 Å². The molecule has 1 saturated heterocycles. The molecule has 0 aromatic carbocycles. The van der Waals surface area contributed by atoms with Gasteiger partial charge in [-0.25, -0.2) is 22.7 Å². The molecule has 0 bridgehead atoms. The van der Waals surface area contributed by atoms with Crippen LogP contribution in [0, 0.1) is 0 Å². The first-order valence-electron chi connectivity index (χ1n) is 7.06. The highest BCUT2D eigenvalue weighted by atomic mass is 32.2. The third-order valence-electron chi connectivity index (χ3n) is 3.92. The molecular weight excluding hydrogens is 276 g/mol. The zero-order valence-electron chi connectivity index (χ0n) is 11.7. The summed E-state index contributed by atoms with van der Waals surface area (Å²) in [6.45, 7) is 2.65. The minimum Gasteiger partial charge on any atom is -0.355 e. The molecule has 0 unspecified atom stereocenters. The van der Waals surface area contributed by atoms with Crippen molar-refractivity contribution in [3.63, 3.8) is 0 Å². The molecule has 2 heterocycles. The third-order valence-corrected chi connectivity index (χ3v) is 5.22. The number of aromatic nitrogens is 2. The van der Waals surface area contributed by atoms with Crippen molar-refractivity contribution in [2.75, 3.05) is 37.3 Å². The Morgan fingerprint density at radius 1 is 1.15 bits per heavy atom. The lowest BCUT2D eigenvalue weighted by Gasteiger charge is -2.22. The fourth-order valence-corrected chi connectivity index (χ4v) is 3.47. The van der Waals surface area contributed by atoms with E-state index in [-0.39, 0.29) is 0 Å². The molecule has 0 radical (unpaired) electrons. The highest BCUT2D eigenvalue weighted by Gasteiger charge is 2.27. The van der Waals surface area contributed by atoms with E-state index in [0.717, 1.165) is 24.5 Å². The van der Waals surface area contributed by atoms with Gasteiger partial charge in [-0.3, -0.25) is 0 Å². The van der Waals surface area contributed by atoms with Gasteiger partial charge in [-0.05, 0) is 19.3 Å². The largest absolute Gasteiger partial charge is 0.355 e. The van der Waals surface area contributed by atoms with Crippen molar-refractivity contribution in [3.8, 4) is 0 Å². The van der Waals surface area contributed by atoms with E-state index in [1.165, 1.54) is 19.1 Å². The van der Waals surface area contributed by atoms with Crippen LogP contribution in [0.15, 0.2) is 12.4 Å². The molecule has 7 heteroatoms. The summed E-state index contributed by atoms with van der Waals surface area (Å²) in [5, 5.41) is 0. The maximum Gasteiger partial charge on any atom is 0.211 e. The van der Waals surface area contributed by atoms with Crippen LogP contribution in [-0.4, -0.2) is 55.1 Å². The van der Waals surface area contributed by atoms with Crippen LogP contribution in [0.5, 0.6) is 0 Å². The van der Waals surface area contributed by atoms with Gasteiger partial charge < -0.3 is 4.90 Å². The summed E-state index contributed by atoms with van der Waals surface area (Å²) < 4.78 is 24.8. The van der Waals surface area contributed by atoms with Crippen molar-refractivity contribution < 1.29 is 8.42 Å². The fourth-order valence-electron chi connectivity index (χ4n) is 2.59. The predicted octanol–water partition coefficient (Wildman–Crippen LogP) is 0.826. The SMILES string of the molecule is CS(=O)(=O)N1CCCN(c2cc(C3CC3)ncn2)CC1. The van der Waals surface area contributed by atoms with Crippen LogP contribution in [0.1, 0.15) is 30.9 Å². The van der Waals surface area contributed by atoms with Crippen LogP contribution in [0.4, 0.5) is 5.82 Å². The normalized spacial score (nSPS) is 21.8. The third kappa shape index (κ3) is 3.09. The smallest absolute Gasteiger partial charge is 0.211 e. The summed E-state index contributed by atoms with van der Waals surface area (Å²) in [4.78, 5) is 10.8. The van der Waals surface area contributed by atoms with Crippen LogP contribution >= 0.6 is 0 Å². The van der Waals surface area contributed by atoms with E-state index < -0.39 is 10.0 Å². The summed E-state index contributed by atoms with van der Waals surface area (Å²) in [7, 11) is -3.09. The number of nitrogens with zero attached hydrogens (tertiary/aromatic N) is 4. The summed E-state index contributed by atoms with van der Waals surface area (Å²) >= 11 is 0. The zero-order chi connectivity index (χ0) is 14.2. The van der Waals surface area contributed by atoms with Crippen molar-refractivity contribution in [2.45, 2.75) is 25.2 Å². The predicted molar refractivity (Wildman–Crippen MR) is 77.3 cm³/mol. The Kier molecular flexibility index (Phi) is 3.64. The quantitative estimate of drug-likeness (QED) is 0.826. The maximum absolute atomic E-state index is 11.6. The Morgan fingerprint density at radius 2 is 1.95 bits per heavy atom. The van der Waals surface area contributed by atoms with Gasteiger partial charge in [-0.2, -0.15) is 0 Å². The van der Waals surface area contributed by atoms with E-state index in [0.29, 0.717) is 25.6 Å². The number of hydrogen-bond donors (Lipinski definition) is 0. The molecular formula is C13H20N4O2S. The molecule has 1 aromatic rings. The van der Waals surface area contributed by atoms with Crippen molar-refractivity contribution in [3.05, 3.63) is 18.1 Å². The second kappa shape index (κ2) is 5.29. The van der Waals surface area contributed by atoms with Crippen molar-refractivity contribution in [2.24, 2.45) is 0 Å². The first-order chi connectivity index (χ1) is 9.54. The molecule has 0 spiro atoms. The van der Waals surface area contributed by atoms with Gasteiger partial charge in [0.1, 0.15) is 12.1 Å². The van der Waals surface area contributed by atoms with E-state index in [1.807, 2.05) is 0 Å². The maximum atomic E-state index is 11.6. The topological polar surface area (TPSA) is 66.4 Å². The average Bonchev–Trinajstić information content (AvgIpc) is 3.24. The number of sulfonamides is 1. The average molecular weight is 296 g/mol. The molecule has 20 heavy (non-hydrogen) atoms. The lowest BCUT2D eigenvalue weighted by atomic mass is 10.2. The van der Waals surface area contributed by atoms with Crippen LogP contribution < -0.4 is 4.90 Å². The fraction of sp³-hybridized carbons (Fsp3) is 0.692. The van der Waals surface area contributed by atoms with E-state index in [4.69, 9.17) is 0 Å². The second-order valence-electron chi connectivity index (χ2n) is 5.58. The molecule has 1 aliphatic carbocycles. The van der Waals surface area contributed by atoms with Crippen LogP contribution in [0.3, 0.4) is 0 Å². The monoisotopic (exact) mass is 296 g/mol. The summed E-state index contributed by atoms with van der Waals surface area (Å²) in [5.74, 6) is 1.54. The van der Waals surface area contributed by atoms with Crippen LogP contribution in [0.2, 0.25) is 0 Å². The first-order valence-corrected chi connectivity index (χ1v) is 8.91. The molecule has 1 aromatic heterocycles. The zero-order valence-corrected chi connectivity index (χ0v) is 12.5. The molecule has 1 aliphatic heterocycles. The standard InChI is InChI=1S/C13H20N4O2S/c1-20(18,19)17-6-2-5-16(7-8-17)13-9-12(11-3-4-11)14-10-15-13/h9-11H,2-8H2,1H3. The Bertz CT molecular complexity index is 586. The molecule has 110 valence electrons. The number of anilines is 1. The van der Waals surface area contributed by atoms with E-state index >= 15 is 0 Å². The summed E-state index contributed by atoms with van der Waals surface area (Å²) in [6.07, 6.45) is 6.17. The molecule has 3 rings (SSSR count). The molecule has 2 fully saturated rings. The highest BCUT2D eigenvalue weighted by Crippen LogP contribution is 2.39. The van der Waals surface area contributed by atoms with Gasteiger partial charge >= 0.3 is 0 Å². The van der Waals surface area contributed by atoms with E-state index in [1.54, 1.807) is 10.6 Å².